The molecule has 1 saturated carbocycles. The molecule has 2 unspecified atom stereocenters. The summed E-state index contributed by atoms with van der Waals surface area (Å²) in [5, 5.41) is 0.919. The van der Waals surface area contributed by atoms with E-state index in [9.17, 15) is 0 Å². The summed E-state index contributed by atoms with van der Waals surface area (Å²) < 4.78 is 114. The van der Waals surface area contributed by atoms with Crippen molar-refractivity contribution in [2.24, 2.45) is 11.3 Å². The molecule has 6 heteroatoms. The molecular formula is C59H53N3O2Pt. The molecule has 9 aromatic rings. The van der Waals surface area contributed by atoms with Crippen LogP contribution >= 0.6 is 0 Å². The molecule has 65 heavy (non-hydrogen) atoms. The summed E-state index contributed by atoms with van der Waals surface area (Å²) in [4.78, 5) is 13.8. The van der Waals surface area contributed by atoms with Crippen molar-refractivity contribution in [1.29, 1.82) is 0 Å². The number of nitrogens with zero attached hydrogens (tertiary/aromatic N) is 3. The summed E-state index contributed by atoms with van der Waals surface area (Å²) in [6, 6.07) is 41.3. The first kappa shape index (κ1) is 31.7. The van der Waals surface area contributed by atoms with E-state index in [1.54, 1.807) is 30.3 Å². The third kappa shape index (κ3) is 8.72. The largest absolute Gasteiger partial charge is 2.00 e. The topological polar surface area (TPSA) is 61.0 Å². The molecule has 0 N–H and O–H groups in total. The van der Waals surface area contributed by atoms with Crippen LogP contribution < -0.4 is 4.74 Å². The summed E-state index contributed by atoms with van der Waals surface area (Å²) in [7, 11) is 0. The average molecular weight is 1040 g/mol. The van der Waals surface area contributed by atoms with E-state index in [2.05, 4.69) is 42.9 Å². The van der Waals surface area contributed by atoms with Crippen LogP contribution in [-0.2, 0) is 21.1 Å². The van der Waals surface area contributed by atoms with Crippen molar-refractivity contribution in [2.45, 2.75) is 80.3 Å². The second-order valence-corrected chi connectivity index (χ2v) is 17.9. The summed E-state index contributed by atoms with van der Waals surface area (Å²) >= 11 is 0. The smallest absolute Gasteiger partial charge is 0.496 e. The monoisotopic (exact) mass is 1040 g/mol. The summed E-state index contributed by atoms with van der Waals surface area (Å²) in [6.07, 6.45) is 5.90. The summed E-state index contributed by atoms with van der Waals surface area (Å²) in [6.45, 7) is -2.13. The minimum atomic E-state index is -2.86. The molecule has 0 spiro atoms. The first-order chi connectivity index (χ1) is 35.7. The summed E-state index contributed by atoms with van der Waals surface area (Å²) in [5.74, 6) is 0.371. The van der Waals surface area contributed by atoms with E-state index in [-0.39, 0.29) is 77.7 Å². The fourth-order valence-corrected chi connectivity index (χ4v) is 9.44. The number of furan rings is 1. The van der Waals surface area contributed by atoms with Gasteiger partial charge in [-0.1, -0.05) is 164 Å². The van der Waals surface area contributed by atoms with Gasteiger partial charge in [-0.15, -0.1) is 11.6 Å². The van der Waals surface area contributed by atoms with Gasteiger partial charge < -0.3 is 19.1 Å². The number of pyridine rings is 3. The molecule has 5 nitrogen and oxygen atoms in total. The Kier molecular flexibility index (Phi) is 8.61. The van der Waals surface area contributed by atoms with E-state index in [1.165, 1.54) is 12.1 Å². The van der Waals surface area contributed by atoms with Crippen molar-refractivity contribution in [3.8, 4) is 67.4 Å². The number of fused-ring (bicyclic) bond motifs is 3. The van der Waals surface area contributed by atoms with E-state index >= 15 is 0 Å². The van der Waals surface area contributed by atoms with Crippen molar-refractivity contribution in [3.05, 3.63) is 173 Å². The standard InChI is InChI=1S/C59H53N3O2.Pt/c1-35-26-54(60-33-37(35)3)46-27-51(45-21-19-44(20-22-45)43-17-15-42(16-18-43)41-12-10-9-11-13-41)40(6)56(28-46)63-47-29-52-49-23-14-39(5)62-58(49)64-57(52)53(30-47)55-31-50(38(4)34-61-55)48-24-25-59(7,8)32-36(48)2;/h9-23,26-27,29,31,33-34,36,48H,24-25,32H2,1-8H3;/q-2;+2/i1D3,3D3,5D3,6D3;. The third-order valence-corrected chi connectivity index (χ3v) is 12.8. The van der Waals surface area contributed by atoms with Crippen LogP contribution in [0, 0.1) is 57.8 Å². The van der Waals surface area contributed by atoms with Gasteiger partial charge in [0.1, 0.15) is 0 Å². The Bertz CT molecular complexity index is 3660. The maximum Gasteiger partial charge on any atom is 2.00 e. The average Bonchev–Trinajstić information content (AvgIpc) is 3.75. The van der Waals surface area contributed by atoms with Gasteiger partial charge in [0.15, 0.2) is 0 Å². The predicted molar refractivity (Wildman–Crippen MR) is 262 cm³/mol. The zero-order valence-electron chi connectivity index (χ0n) is 48.4. The number of ether oxygens (including phenoxy) is 1. The van der Waals surface area contributed by atoms with Crippen molar-refractivity contribution >= 4 is 22.1 Å². The fourth-order valence-electron chi connectivity index (χ4n) is 9.44. The number of benzene rings is 5. The Balaban J connectivity index is 0.00000722. The van der Waals surface area contributed by atoms with Crippen LogP contribution in [0.4, 0.5) is 0 Å². The minimum Gasteiger partial charge on any atom is -0.496 e. The molecule has 5 aromatic carbocycles. The van der Waals surface area contributed by atoms with Crippen molar-refractivity contribution in [2.75, 3.05) is 0 Å². The normalized spacial score (nSPS) is 19.3. The maximum atomic E-state index is 9.06. The number of aromatic nitrogens is 3. The number of hydrogen-bond acceptors (Lipinski definition) is 5. The van der Waals surface area contributed by atoms with Gasteiger partial charge in [0.25, 0.3) is 0 Å². The molecule has 2 atom stereocenters. The zero-order valence-corrected chi connectivity index (χ0v) is 38.6. The summed E-state index contributed by atoms with van der Waals surface area (Å²) in [5.41, 5.74) is 6.97. The van der Waals surface area contributed by atoms with E-state index in [0.29, 0.717) is 39.1 Å². The van der Waals surface area contributed by atoms with Crippen molar-refractivity contribution in [3.63, 3.8) is 0 Å². The first-order valence-electron chi connectivity index (χ1n) is 27.6. The molecule has 1 aliphatic rings. The van der Waals surface area contributed by atoms with E-state index < -0.39 is 38.5 Å². The molecule has 326 valence electrons. The Hall–Kier alpha value is -6.16. The van der Waals surface area contributed by atoms with Crippen molar-refractivity contribution in [1.82, 2.24) is 15.0 Å². The van der Waals surface area contributed by atoms with Crippen LogP contribution in [-0.4, -0.2) is 15.0 Å². The Labute approximate surface area is 414 Å². The molecule has 0 bridgehead atoms. The second kappa shape index (κ2) is 17.7. The molecule has 0 saturated heterocycles. The van der Waals surface area contributed by atoms with Gasteiger partial charge in [-0.3, -0.25) is 0 Å². The van der Waals surface area contributed by atoms with Gasteiger partial charge in [0.05, 0.1) is 5.58 Å². The van der Waals surface area contributed by atoms with Crippen LogP contribution in [0.2, 0.25) is 0 Å². The van der Waals surface area contributed by atoms with E-state index in [0.717, 1.165) is 58.8 Å². The number of hydrogen-bond donors (Lipinski definition) is 0. The Morgan fingerprint density at radius 1 is 0.708 bits per heavy atom. The molecule has 0 radical (unpaired) electrons. The molecule has 4 aromatic heterocycles. The molecule has 1 fully saturated rings. The minimum absolute atomic E-state index is 0. The second-order valence-electron chi connectivity index (χ2n) is 17.9. The molecular weight excluding hydrogens is 978 g/mol. The van der Waals surface area contributed by atoms with Crippen LogP contribution in [0.15, 0.2) is 132 Å². The maximum absolute atomic E-state index is 9.06. The first-order valence-corrected chi connectivity index (χ1v) is 21.6. The van der Waals surface area contributed by atoms with E-state index in [1.807, 2.05) is 85.9 Å². The SMILES string of the molecule is [2H]C([2H])([2H])c1ccc2c(n1)oc1c(-c3cc(C4CCC(C)(C)CC4C)c(C)cn3)[c-]c(Oc3[c-]c(-c4cc(C([2H])([2H])[2H])c(C([2H])([2H])[2H])cn4)cc(-c4ccc(-c5ccc(-c6ccccc6)cc5)cc4)c3C([2H])([2H])[2H])cc12.[Pt+2]. The third-order valence-electron chi connectivity index (χ3n) is 12.8. The number of rotatable bonds is 8. The van der Waals surface area contributed by atoms with Crippen molar-refractivity contribution < 1.29 is 46.7 Å². The van der Waals surface area contributed by atoms with Gasteiger partial charge in [-0.05, 0) is 132 Å². The molecule has 0 amide bonds. The van der Waals surface area contributed by atoms with Gasteiger partial charge in [0, 0.05) is 51.4 Å². The zero-order chi connectivity index (χ0) is 54.3. The van der Waals surface area contributed by atoms with Crippen LogP contribution in [0.5, 0.6) is 11.5 Å². The van der Waals surface area contributed by atoms with Gasteiger partial charge in [-0.25, -0.2) is 4.98 Å². The number of aryl methyl sites for hydroxylation is 4. The van der Waals surface area contributed by atoms with Gasteiger partial charge in [-0.2, -0.15) is 0 Å². The molecule has 1 aliphatic carbocycles. The van der Waals surface area contributed by atoms with Crippen LogP contribution in [0.1, 0.15) is 95.9 Å². The molecule has 0 aliphatic heterocycles. The van der Waals surface area contributed by atoms with Crippen LogP contribution in [0.25, 0.3) is 78.0 Å². The fraction of sp³-hybridized carbons (Fsp3) is 0.237. The quantitative estimate of drug-likeness (QED) is 0.142. The Morgan fingerprint density at radius 3 is 2.09 bits per heavy atom. The van der Waals surface area contributed by atoms with E-state index in [4.69, 9.17) is 30.6 Å². The molecule has 10 rings (SSSR count). The van der Waals surface area contributed by atoms with Gasteiger partial charge in [0.2, 0.25) is 5.71 Å². The molecule has 4 heterocycles. The predicted octanol–water partition coefficient (Wildman–Crippen LogP) is 16.0. The Morgan fingerprint density at radius 2 is 1.40 bits per heavy atom. The van der Waals surface area contributed by atoms with Crippen LogP contribution in [0.3, 0.4) is 0 Å². The van der Waals surface area contributed by atoms with Gasteiger partial charge >= 0.3 is 21.1 Å².